The molecule has 4 aromatic rings. The maximum absolute atomic E-state index is 12.3. The van der Waals surface area contributed by atoms with Gasteiger partial charge in [-0.1, -0.05) is 6.07 Å². The van der Waals surface area contributed by atoms with Crippen LogP contribution in [0.1, 0.15) is 10.5 Å². The van der Waals surface area contributed by atoms with E-state index in [4.69, 9.17) is 0 Å². The van der Waals surface area contributed by atoms with E-state index in [9.17, 15) is 4.79 Å². The molecule has 3 heterocycles. The van der Waals surface area contributed by atoms with Gasteiger partial charge in [0, 0.05) is 23.6 Å². The number of rotatable bonds is 3. The van der Waals surface area contributed by atoms with Gasteiger partial charge in [0.25, 0.3) is 5.91 Å². The second-order valence-corrected chi connectivity index (χ2v) is 4.86. The largest absolute Gasteiger partial charge is 0.321 e. The van der Waals surface area contributed by atoms with Gasteiger partial charge in [0.1, 0.15) is 11.3 Å². The predicted octanol–water partition coefficient (Wildman–Crippen LogP) is 1.77. The third kappa shape index (κ3) is 2.53. The Hall–Kier alpha value is -3.55. The van der Waals surface area contributed by atoms with Crippen LogP contribution in [0.4, 0.5) is 5.69 Å². The Balaban J connectivity index is 1.54. The second kappa shape index (κ2) is 5.34. The number of carbonyl (C=O) groups excluding carboxylic acids is 1. The Labute approximate surface area is 130 Å². The van der Waals surface area contributed by atoms with E-state index in [-0.39, 0.29) is 5.91 Å². The number of benzene rings is 1. The number of nitrogens with one attached hydrogen (secondary N) is 2. The number of aromatic nitrogens is 6. The first kappa shape index (κ1) is 13.1. The number of imidazole rings is 1. The topological polar surface area (TPSA) is 101 Å². The van der Waals surface area contributed by atoms with Gasteiger partial charge in [0.05, 0.1) is 0 Å². The van der Waals surface area contributed by atoms with Crippen molar-refractivity contribution in [2.24, 2.45) is 0 Å². The fraction of sp³-hybridized carbons (Fsp3) is 0. The van der Waals surface area contributed by atoms with E-state index in [1.54, 1.807) is 22.7 Å². The molecule has 0 bridgehead atoms. The molecule has 0 aliphatic carbocycles. The van der Waals surface area contributed by atoms with Crippen molar-refractivity contribution in [2.45, 2.75) is 0 Å². The van der Waals surface area contributed by atoms with Crippen molar-refractivity contribution < 1.29 is 4.79 Å². The van der Waals surface area contributed by atoms with E-state index >= 15 is 0 Å². The average molecular weight is 305 g/mol. The lowest BCUT2D eigenvalue weighted by molar-refractivity contribution is 0.102. The summed E-state index contributed by atoms with van der Waals surface area (Å²) in [5, 5.41) is 16.5. The number of pyridine rings is 1. The van der Waals surface area contributed by atoms with Crippen LogP contribution in [0.15, 0.2) is 54.9 Å². The number of H-pyrrole nitrogens is 1. The van der Waals surface area contributed by atoms with Crippen molar-refractivity contribution in [3.05, 3.63) is 60.6 Å². The lowest BCUT2D eigenvalue weighted by Crippen LogP contribution is -2.12. The monoisotopic (exact) mass is 305 g/mol. The fourth-order valence-electron chi connectivity index (χ4n) is 2.23. The highest BCUT2D eigenvalue weighted by Crippen LogP contribution is 2.17. The number of aromatic amines is 1. The summed E-state index contributed by atoms with van der Waals surface area (Å²) in [4.78, 5) is 16.6. The summed E-state index contributed by atoms with van der Waals surface area (Å²) in [6.45, 7) is 0. The number of hydrogen-bond donors (Lipinski definition) is 2. The molecule has 8 heteroatoms. The van der Waals surface area contributed by atoms with Crippen molar-refractivity contribution in [3.63, 3.8) is 0 Å². The number of hydrogen-bond acceptors (Lipinski definition) is 5. The lowest BCUT2D eigenvalue weighted by atomic mass is 10.2. The van der Waals surface area contributed by atoms with Crippen molar-refractivity contribution in [3.8, 4) is 11.4 Å². The van der Waals surface area contributed by atoms with Crippen LogP contribution < -0.4 is 5.32 Å². The maximum atomic E-state index is 12.3. The summed E-state index contributed by atoms with van der Waals surface area (Å²) in [6.07, 6.45) is 3.54. The smallest absolute Gasteiger partial charge is 0.275 e. The normalized spacial score (nSPS) is 10.8. The van der Waals surface area contributed by atoms with E-state index in [1.807, 2.05) is 36.5 Å². The highest BCUT2D eigenvalue weighted by atomic mass is 16.1. The first-order chi connectivity index (χ1) is 11.3. The van der Waals surface area contributed by atoms with Crippen LogP contribution in [0, 0.1) is 0 Å². The molecular weight excluding hydrogens is 294 g/mol. The zero-order valence-electron chi connectivity index (χ0n) is 11.8. The molecule has 0 aliphatic rings. The van der Waals surface area contributed by atoms with Gasteiger partial charge in [-0.15, -0.1) is 10.2 Å². The van der Waals surface area contributed by atoms with Gasteiger partial charge < -0.3 is 9.72 Å². The molecule has 0 saturated carbocycles. The Morgan fingerprint density at radius 2 is 2.00 bits per heavy atom. The molecule has 0 saturated heterocycles. The fourth-order valence-corrected chi connectivity index (χ4v) is 2.23. The number of carbonyl (C=O) groups is 1. The molecular formula is C15H11N7O. The number of fused-ring (bicyclic) bond motifs is 1. The van der Waals surface area contributed by atoms with E-state index in [2.05, 4.69) is 30.9 Å². The van der Waals surface area contributed by atoms with Crippen LogP contribution >= 0.6 is 0 Å². The summed E-state index contributed by atoms with van der Waals surface area (Å²) >= 11 is 0. The Kier molecular flexibility index (Phi) is 3.05. The molecule has 1 aromatic carbocycles. The molecule has 0 radical (unpaired) electrons. The zero-order valence-corrected chi connectivity index (χ0v) is 11.8. The van der Waals surface area contributed by atoms with Gasteiger partial charge in [-0.3, -0.25) is 4.79 Å². The highest BCUT2D eigenvalue weighted by molar-refractivity contribution is 6.03. The van der Waals surface area contributed by atoms with Gasteiger partial charge in [-0.05, 0) is 41.6 Å². The van der Waals surface area contributed by atoms with Gasteiger partial charge in [0.15, 0.2) is 0 Å². The molecule has 3 aromatic heterocycles. The van der Waals surface area contributed by atoms with Crippen LogP contribution in [0.5, 0.6) is 0 Å². The quantitative estimate of drug-likeness (QED) is 0.600. The highest BCUT2D eigenvalue weighted by Gasteiger charge is 2.11. The first-order valence-corrected chi connectivity index (χ1v) is 6.88. The van der Waals surface area contributed by atoms with Gasteiger partial charge in [-0.25, -0.2) is 4.98 Å². The van der Waals surface area contributed by atoms with Crippen LogP contribution in [0.25, 0.3) is 17.0 Å². The summed E-state index contributed by atoms with van der Waals surface area (Å²) in [7, 11) is 0. The van der Waals surface area contributed by atoms with Crippen LogP contribution in [-0.2, 0) is 0 Å². The third-order valence-electron chi connectivity index (χ3n) is 3.34. The van der Waals surface area contributed by atoms with Crippen molar-refractivity contribution in [1.29, 1.82) is 0 Å². The van der Waals surface area contributed by atoms with E-state index in [0.29, 0.717) is 17.2 Å². The minimum absolute atomic E-state index is 0.263. The molecule has 23 heavy (non-hydrogen) atoms. The second-order valence-electron chi connectivity index (χ2n) is 4.86. The zero-order chi connectivity index (χ0) is 15.6. The molecule has 0 unspecified atom stereocenters. The summed E-state index contributed by atoms with van der Waals surface area (Å²) in [5.41, 5.74) is 2.56. The molecule has 2 N–H and O–H groups in total. The number of anilines is 1. The van der Waals surface area contributed by atoms with Crippen LogP contribution in [0.3, 0.4) is 0 Å². The predicted molar refractivity (Wildman–Crippen MR) is 82.8 cm³/mol. The minimum Gasteiger partial charge on any atom is -0.321 e. The number of amides is 1. The first-order valence-electron chi connectivity index (χ1n) is 6.88. The van der Waals surface area contributed by atoms with Crippen molar-refractivity contribution in [1.82, 2.24) is 30.0 Å². The van der Waals surface area contributed by atoms with E-state index in [1.165, 1.54) is 0 Å². The standard InChI is InChI=1S/C15H11N7O/c23-15(12-9-22-8-2-1-3-13(22)17-12)16-11-6-4-10(5-7-11)14-18-20-21-19-14/h1-9H,(H,16,23)(H,18,19,20,21). The molecule has 0 aliphatic heterocycles. The van der Waals surface area contributed by atoms with Crippen LogP contribution in [0.2, 0.25) is 0 Å². The SMILES string of the molecule is O=C(Nc1ccc(-c2nn[nH]n2)cc1)c1cn2ccccc2n1. The average Bonchev–Trinajstić information content (AvgIpc) is 3.25. The Bertz CT molecular complexity index is 924. The molecule has 0 fully saturated rings. The lowest BCUT2D eigenvalue weighted by Gasteiger charge is -2.03. The molecule has 1 amide bonds. The summed E-state index contributed by atoms with van der Waals surface area (Å²) in [6, 6.07) is 12.8. The maximum Gasteiger partial charge on any atom is 0.275 e. The van der Waals surface area contributed by atoms with Gasteiger partial charge in [-0.2, -0.15) is 5.21 Å². The number of tetrazole rings is 1. The molecule has 4 rings (SSSR count). The molecule has 0 spiro atoms. The van der Waals surface area contributed by atoms with E-state index in [0.717, 1.165) is 11.2 Å². The molecule has 0 atom stereocenters. The van der Waals surface area contributed by atoms with Crippen LogP contribution in [-0.4, -0.2) is 35.9 Å². The van der Waals surface area contributed by atoms with Gasteiger partial charge in [0.2, 0.25) is 5.82 Å². The number of nitrogens with zero attached hydrogens (tertiary/aromatic N) is 5. The van der Waals surface area contributed by atoms with Gasteiger partial charge >= 0.3 is 0 Å². The van der Waals surface area contributed by atoms with Crippen molar-refractivity contribution in [2.75, 3.05) is 5.32 Å². The summed E-state index contributed by atoms with van der Waals surface area (Å²) in [5.74, 6) is 0.240. The Morgan fingerprint density at radius 3 is 2.74 bits per heavy atom. The molecule has 8 nitrogen and oxygen atoms in total. The minimum atomic E-state index is -0.263. The van der Waals surface area contributed by atoms with Crippen molar-refractivity contribution >= 4 is 17.2 Å². The Morgan fingerprint density at radius 1 is 1.13 bits per heavy atom. The summed E-state index contributed by atoms with van der Waals surface area (Å²) < 4.78 is 1.80. The van der Waals surface area contributed by atoms with E-state index < -0.39 is 0 Å². The molecule has 112 valence electrons. The third-order valence-corrected chi connectivity index (χ3v) is 3.34.